The molecule has 0 aromatic heterocycles. The van der Waals surface area contributed by atoms with E-state index in [9.17, 15) is 31.2 Å². The Labute approximate surface area is 172 Å². The Balaban J connectivity index is 2.26. The summed E-state index contributed by atoms with van der Waals surface area (Å²) in [6.07, 6.45) is -4.91. The van der Waals surface area contributed by atoms with E-state index >= 15 is 0 Å². The lowest BCUT2D eigenvalue weighted by Gasteiger charge is -2.15. The summed E-state index contributed by atoms with van der Waals surface area (Å²) >= 11 is 0. The first-order valence-electron chi connectivity index (χ1n) is 8.77. The lowest BCUT2D eigenvalue weighted by Crippen LogP contribution is -2.42. The first-order chi connectivity index (χ1) is 13.9. The topological polar surface area (TPSA) is 89.5 Å². The fraction of sp³-hybridized carbons (Fsp3) is 0.300. The molecule has 2 aromatic carbocycles. The summed E-state index contributed by atoms with van der Waals surface area (Å²) in [5.41, 5.74) is 1.12. The highest BCUT2D eigenvalue weighted by atomic mass is 32.2. The van der Waals surface area contributed by atoms with E-state index in [0.717, 1.165) is 7.11 Å². The van der Waals surface area contributed by atoms with Crippen LogP contribution in [0.25, 0.3) is 0 Å². The second kappa shape index (κ2) is 8.86. The standard InChI is InChI=1S/C20H20F3NO5S/c1-12-4-9-17(16(10-12)18(25)29-3)30(27,28)15-7-5-14(6-8-15)11-13(2)24-19(26)20(21,22)23/h4-10,13H,11H2,1-3H3,(H,24,26)/t13-/m1/s1. The number of hydrogen-bond acceptors (Lipinski definition) is 5. The fourth-order valence-electron chi connectivity index (χ4n) is 2.79. The van der Waals surface area contributed by atoms with Crippen LogP contribution in [0.2, 0.25) is 0 Å². The van der Waals surface area contributed by atoms with Crippen molar-refractivity contribution in [3.8, 4) is 0 Å². The van der Waals surface area contributed by atoms with Crippen molar-refractivity contribution in [3.05, 3.63) is 59.2 Å². The van der Waals surface area contributed by atoms with Crippen molar-refractivity contribution in [1.29, 1.82) is 0 Å². The number of esters is 1. The number of nitrogens with one attached hydrogen (secondary N) is 1. The zero-order chi connectivity index (χ0) is 22.7. The minimum atomic E-state index is -4.97. The van der Waals surface area contributed by atoms with Gasteiger partial charge < -0.3 is 10.1 Å². The second-order valence-electron chi connectivity index (χ2n) is 6.71. The van der Waals surface area contributed by atoms with Crippen molar-refractivity contribution >= 4 is 21.7 Å². The molecular weight excluding hydrogens is 423 g/mol. The van der Waals surface area contributed by atoms with Crippen LogP contribution in [0.1, 0.15) is 28.4 Å². The molecule has 0 aliphatic carbocycles. The first-order valence-corrected chi connectivity index (χ1v) is 10.2. The molecule has 0 aliphatic heterocycles. The van der Waals surface area contributed by atoms with Crippen LogP contribution in [0.4, 0.5) is 13.2 Å². The highest BCUT2D eigenvalue weighted by Crippen LogP contribution is 2.26. The number of benzene rings is 2. The normalized spacial score (nSPS) is 12.9. The molecule has 162 valence electrons. The maximum Gasteiger partial charge on any atom is 0.471 e. The number of amides is 1. The van der Waals surface area contributed by atoms with Gasteiger partial charge in [0.25, 0.3) is 0 Å². The number of sulfone groups is 1. The Morgan fingerprint density at radius 2 is 1.70 bits per heavy atom. The Hall–Kier alpha value is -2.88. The zero-order valence-electron chi connectivity index (χ0n) is 16.4. The predicted molar refractivity (Wildman–Crippen MR) is 102 cm³/mol. The first kappa shape index (κ1) is 23.4. The van der Waals surface area contributed by atoms with E-state index in [-0.39, 0.29) is 21.8 Å². The number of ether oxygens (including phenoxy) is 1. The average molecular weight is 443 g/mol. The molecule has 6 nitrogen and oxygen atoms in total. The van der Waals surface area contributed by atoms with E-state index in [1.54, 1.807) is 13.0 Å². The van der Waals surface area contributed by atoms with Gasteiger partial charge in [0.15, 0.2) is 0 Å². The van der Waals surface area contributed by atoms with Crippen LogP contribution in [-0.2, 0) is 25.8 Å². The molecule has 0 aliphatic rings. The molecule has 30 heavy (non-hydrogen) atoms. The molecular formula is C20H20F3NO5S. The van der Waals surface area contributed by atoms with E-state index in [0.29, 0.717) is 11.1 Å². The maximum atomic E-state index is 13.0. The molecule has 2 rings (SSSR count). The van der Waals surface area contributed by atoms with Gasteiger partial charge in [-0.3, -0.25) is 4.79 Å². The molecule has 1 atom stereocenters. The predicted octanol–water partition coefficient (Wildman–Crippen LogP) is 3.22. The molecule has 0 fully saturated rings. The Kier molecular flexibility index (Phi) is 6.91. The lowest BCUT2D eigenvalue weighted by molar-refractivity contribution is -0.174. The minimum Gasteiger partial charge on any atom is -0.465 e. The molecule has 0 radical (unpaired) electrons. The van der Waals surface area contributed by atoms with E-state index < -0.39 is 33.9 Å². The van der Waals surface area contributed by atoms with Gasteiger partial charge in [-0.25, -0.2) is 13.2 Å². The number of halogens is 3. The van der Waals surface area contributed by atoms with Gasteiger partial charge in [-0.05, 0) is 50.1 Å². The van der Waals surface area contributed by atoms with Gasteiger partial charge in [-0.15, -0.1) is 0 Å². The van der Waals surface area contributed by atoms with E-state index in [1.807, 2.05) is 5.32 Å². The summed E-state index contributed by atoms with van der Waals surface area (Å²) < 4.78 is 67.6. The van der Waals surface area contributed by atoms with Crippen LogP contribution in [0.15, 0.2) is 52.3 Å². The van der Waals surface area contributed by atoms with E-state index in [1.165, 1.54) is 43.3 Å². The highest BCUT2D eigenvalue weighted by Gasteiger charge is 2.39. The number of methoxy groups -OCH3 is 1. The van der Waals surface area contributed by atoms with E-state index in [2.05, 4.69) is 4.74 Å². The SMILES string of the molecule is COC(=O)c1cc(C)ccc1S(=O)(=O)c1ccc(C[C@@H](C)NC(=O)C(F)(F)F)cc1. The summed E-state index contributed by atoms with van der Waals surface area (Å²) in [6, 6.07) is 8.94. The van der Waals surface area contributed by atoms with Gasteiger partial charge in [-0.2, -0.15) is 13.2 Å². The number of alkyl halides is 3. The molecule has 1 amide bonds. The molecule has 0 spiro atoms. The maximum absolute atomic E-state index is 13.0. The smallest absolute Gasteiger partial charge is 0.465 e. The third kappa shape index (κ3) is 5.38. The lowest BCUT2D eigenvalue weighted by atomic mass is 10.1. The molecule has 0 unspecified atom stereocenters. The summed E-state index contributed by atoms with van der Waals surface area (Å²) in [6.45, 7) is 3.11. The van der Waals surface area contributed by atoms with Gasteiger partial charge in [0.05, 0.1) is 22.5 Å². The summed E-state index contributed by atoms with van der Waals surface area (Å²) in [5.74, 6) is -2.83. The summed E-state index contributed by atoms with van der Waals surface area (Å²) in [4.78, 5) is 22.7. The van der Waals surface area contributed by atoms with Gasteiger partial charge in [0.2, 0.25) is 9.84 Å². The molecule has 0 saturated carbocycles. The van der Waals surface area contributed by atoms with Gasteiger partial charge in [0, 0.05) is 6.04 Å². The number of hydrogen-bond donors (Lipinski definition) is 1. The van der Waals surface area contributed by atoms with Crippen molar-refractivity contribution < 1.29 is 35.9 Å². The van der Waals surface area contributed by atoms with Crippen molar-refractivity contribution in [2.24, 2.45) is 0 Å². The van der Waals surface area contributed by atoms with Gasteiger partial charge >= 0.3 is 18.1 Å². The third-order valence-electron chi connectivity index (χ3n) is 4.24. The van der Waals surface area contributed by atoms with Crippen LogP contribution in [0.3, 0.4) is 0 Å². The molecule has 0 bridgehead atoms. The highest BCUT2D eigenvalue weighted by molar-refractivity contribution is 7.91. The Bertz CT molecular complexity index is 1050. The quantitative estimate of drug-likeness (QED) is 0.693. The van der Waals surface area contributed by atoms with E-state index in [4.69, 9.17) is 0 Å². The Morgan fingerprint density at radius 1 is 1.10 bits per heavy atom. The molecule has 1 N–H and O–H groups in total. The van der Waals surface area contributed by atoms with Crippen LogP contribution in [0.5, 0.6) is 0 Å². The van der Waals surface area contributed by atoms with Crippen LogP contribution < -0.4 is 5.32 Å². The number of carbonyl (C=O) groups excluding carboxylic acids is 2. The van der Waals surface area contributed by atoms with Crippen molar-refractivity contribution in [3.63, 3.8) is 0 Å². The minimum absolute atomic E-state index is 0.0695. The fourth-order valence-corrected chi connectivity index (χ4v) is 4.22. The summed E-state index contributed by atoms with van der Waals surface area (Å²) in [7, 11) is -2.90. The third-order valence-corrected chi connectivity index (χ3v) is 6.07. The number of carbonyl (C=O) groups is 2. The van der Waals surface area contributed by atoms with Crippen molar-refractivity contribution in [1.82, 2.24) is 5.32 Å². The molecule has 10 heteroatoms. The van der Waals surface area contributed by atoms with Crippen LogP contribution >= 0.6 is 0 Å². The zero-order valence-corrected chi connectivity index (χ0v) is 17.2. The monoisotopic (exact) mass is 443 g/mol. The van der Waals surface area contributed by atoms with Gasteiger partial charge in [-0.1, -0.05) is 23.8 Å². The van der Waals surface area contributed by atoms with Crippen molar-refractivity contribution in [2.45, 2.75) is 42.3 Å². The summed E-state index contributed by atoms with van der Waals surface area (Å²) in [5, 5.41) is 1.84. The molecule has 0 saturated heterocycles. The van der Waals surface area contributed by atoms with Crippen LogP contribution in [-0.4, -0.2) is 39.6 Å². The second-order valence-corrected chi connectivity index (χ2v) is 8.63. The number of rotatable bonds is 6. The number of aryl methyl sites for hydroxylation is 1. The van der Waals surface area contributed by atoms with Gasteiger partial charge in [0.1, 0.15) is 0 Å². The van der Waals surface area contributed by atoms with Crippen molar-refractivity contribution in [2.75, 3.05) is 7.11 Å². The average Bonchev–Trinajstić information content (AvgIpc) is 2.66. The molecule has 0 heterocycles. The molecule has 2 aromatic rings. The largest absolute Gasteiger partial charge is 0.471 e. The Morgan fingerprint density at radius 3 is 2.23 bits per heavy atom. The van der Waals surface area contributed by atoms with Crippen LogP contribution in [0, 0.1) is 6.92 Å².